The van der Waals surface area contributed by atoms with Crippen molar-refractivity contribution < 1.29 is 4.79 Å². The summed E-state index contributed by atoms with van der Waals surface area (Å²) in [7, 11) is 0. The van der Waals surface area contributed by atoms with Gasteiger partial charge in [0, 0.05) is 18.3 Å². The summed E-state index contributed by atoms with van der Waals surface area (Å²) in [6, 6.07) is 3.44. The van der Waals surface area contributed by atoms with Gasteiger partial charge >= 0.3 is 0 Å². The number of hydrazine groups is 1. The molecule has 0 aromatic carbocycles. The molecule has 0 fully saturated rings. The molecular weight excluding hydrogens is 166 g/mol. The number of nitrogens with one attached hydrogen (secondary N) is 1. The number of aromatic nitrogens is 1. The Labute approximate surface area is 76.4 Å². The molecule has 1 aromatic heterocycles. The van der Waals surface area contributed by atoms with Gasteiger partial charge in [-0.3, -0.25) is 15.2 Å². The number of hydrogen-bond acceptors (Lipinski definition) is 3. The molecule has 1 rings (SSSR count). The lowest BCUT2D eigenvalue weighted by Crippen LogP contribution is -2.30. The summed E-state index contributed by atoms with van der Waals surface area (Å²) < 4.78 is 0. The number of nitrogens with zero attached hydrogens (tertiary/aromatic N) is 1. The fourth-order valence-electron chi connectivity index (χ4n) is 0.911. The summed E-state index contributed by atoms with van der Waals surface area (Å²) in [5.41, 5.74) is 3.37. The standard InChI is InChI=1S/C9H11N3O/c1-2-3-8-5-4-7(6-11-8)9(13)12-10/h2,4-6H,1,3,10H2,(H,12,13). The van der Waals surface area contributed by atoms with Crippen molar-refractivity contribution in [2.24, 2.45) is 5.84 Å². The van der Waals surface area contributed by atoms with Crippen molar-refractivity contribution in [2.75, 3.05) is 0 Å². The van der Waals surface area contributed by atoms with Crippen LogP contribution in [-0.4, -0.2) is 10.9 Å². The first-order chi connectivity index (χ1) is 6.27. The molecule has 0 saturated carbocycles. The van der Waals surface area contributed by atoms with Gasteiger partial charge in [0.2, 0.25) is 0 Å². The normalized spacial score (nSPS) is 9.31. The van der Waals surface area contributed by atoms with Gasteiger partial charge in [0.1, 0.15) is 0 Å². The Morgan fingerprint density at radius 2 is 2.46 bits per heavy atom. The van der Waals surface area contributed by atoms with Crippen molar-refractivity contribution in [2.45, 2.75) is 6.42 Å². The number of rotatable bonds is 3. The second-order valence-corrected chi connectivity index (χ2v) is 2.50. The smallest absolute Gasteiger partial charge is 0.266 e. The average molecular weight is 177 g/mol. The maximum absolute atomic E-state index is 11.0. The van der Waals surface area contributed by atoms with Gasteiger partial charge in [-0.2, -0.15) is 0 Å². The van der Waals surface area contributed by atoms with Gasteiger partial charge in [-0.15, -0.1) is 6.58 Å². The van der Waals surface area contributed by atoms with Gasteiger partial charge in [-0.1, -0.05) is 6.08 Å². The van der Waals surface area contributed by atoms with E-state index in [1.807, 2.05) is 5.43 Å². The molecule has 0 aliphatic rings. The zero-order chi connectivity index (χ0) is 9.68. The monoisotopic (exact) mass is 177 g/mol. The minimum atomic E-state index is -0.336. The minimum Gasteiger partial charge on any atom is -0.290 e. The number of carbonyl (C=O) groups is 1. The van der Waals surface area contributed by atoms with Crippen LogP contribution in [0.15, 0.2) is 31.0 Å². The Bertz CT molecular complexity index is 305. The van der Waals surface area contributed by atoms with Crippen LogP contribution in [-0.2, 0) is 6.42 Å². The van der Waals surface area contributed by atoms with Crippen molar-refractivity contribution >= 4 is 5.91 Å². The van der Waals surface area contributed by atoms with E-state index in [-0.39, 0.29) is 5.91 Å². The average Bonchev–Trinajstić information content (AvgIpc) is 2.18. The Balaban J connectivity index is 2.80. The fraction of sp³-hybridized carbons (Fsp3) is 0.111. The summed E-state index contributed by atoms with van der Waals surface area (Å²) in [6.07, 6.45) is 3.94. The van der Waals surface area contributed by atoms with E-state index in [9.17, 15) is 4.79 Å². The third-order valence-corrected chi connectivity index (χ3v) is 1.57. The van der Waals surface area contributed by atoms with E-state index in [4.69, 9.17) is 5.84 Å². The molecule has 0 radical (unpaired) electrons. The second kappa shape index (κ2) is 4.37. The first-order valence-electron chi connectivity index (χ1n) is 3.84. The largest absolute Gasteiger partial charge is 0.290 e. The summed E-state index contributed by atoms with van der Waals surface area (Å²) >= 11 is 0. The number of amides is 1. The molecule has 68 valence electrons. The molecule has 0 saturated heterocycles. The molecule has 0 atom stereocenters. The number of nitrogens with two attached hydrogens (primary N) is 1. The Hall–Kier alpha value is -1.68. The van der Waals surface area contributed by atoms with Gasteiger partial charge in [-0.05, 0) is 12.1 Å². The molecule has 13 heavy (non-hydrogen) atoms. The van der Waals surface area contributed by atoms with Gasteiger partial charge in [0.05, 0.1) is 5.56 Å². The van der Waals surface area contributed by atoms with Crippen molar-refractivity contribution in [1.29, 1.82) is 0 Å². The highest BCUT2D eigenvalue weighted by Crippen LogP contribution is 2.00. The minimum absolute atomic E-state index is 0.336. The highest BCUT2D eigenvalue weighted by Gasteiger charge is 2.02. The SMILES string of the molecule is C=CCc1ccc(C(=O)NN)cn1. The lowest BCUT2D eigenvalue weighted by Gasteiger charge is -1.99. The van der Waals surface area contributed by atoms with E-state index >= 15 is 0 Å². The van der Waals surface area contributed by atoms with Crippen molar-refractivity contribution in [3.8, 4) is 0 Å². The number of allylic oxidation sites excluding steroid dienone is 1. The van der Waals surface area contributed by atoms with Crippen LogP contribution in [0.3, 0.4) is 0 Å². The van der Waals surface area contributed by atoms with E-state index < -0.39 is 0 Å². The summed E-state index contributed by atoms with van der Waals surface area (Å²) in [6.45, 7) is 3.59. The molecule has 1 amide bonds. The molecule has 0 aliphatic heterocycles. The highest BCUT2D eigenvalue weighted by atomic mass is 16.2. The molecule has 0 spiro atoms. The Morgan fingerprint density at radius 3 is 2.92 bits per heavy atom. The van der Waals surface area contributed by atoms with Gasteiger partial charge < -0.3 is 0 Å². The van der Waals surface area contributed by atoms with Crippen molar-refractivity contribution in [3.05, 3.63) is 42.2 Å². The van der Waals surface area contributed by atoms with E-state index in [1.54, 1.807) is 18.2 Å². The molecule has 0 aliphatic carbocycles. The van der Waals surface area contributed by atoms with Crippen LogP contribution in [0.1, 0.15) is 16.1 Å². The lowest BCUT2D eigenvalue weighted by atomic mass is 10.2. The predicted molar refractivity (Wildman–Crippen MR) is 49.8 cm³/mol. The van der Waals surface area contributed by atoms with Gasteiger partial charge in [0.15, 0.2) is 0 Å². The molecule has 1 heterocycles. The first kappa shape index (κ1) is 9.41. The molecule has 4 heteroatoms. The third kappa shape index (κ3) is 2.38. The highest BCUT2D eigenvalue weighted by molar-refractivity contribution is 5.93. The number of carbonyl (C=O) groups excluding carboxylic acids is 1. The van der Waals surface area contributed by atoms with Crippen LogP contribution in [0.4, 0.5) is 0 Å². The van der Waals surface area contributed by atoms with Crippen LogP contribution < -0.4 is 11.3 Å². The number of hydrogen-bond donors (Lipinski definition) is 2. The molecule has 1 aromatic rings. The molecule has 3 N–H and O–H groups in total. The zero-order valence-corrected chi connectivity index (χ0v) is 7.16. The summed E-state index contributed by atoms with van der Waals surface area (Å²) in [5, 5.41) is 0. The molecular formula is C9H11N3O. The van der Waals surface area contributed by atoms with Crippen LogP contribution in [0, 0.1) is 0 Å². The maximum Gasteiger partial charge on any atom is 0.266 e. The van der Waals surface area contributed by atoms with E-state index in [2.05, 4.69) is 11.6 Å². The van der Waals surface area contributed by atoms with Crippen LogP contribution in [0.2, 0.25) is 0 Å². The van der Waals surface area contributed by atoms with Crippen molar-refractivity contribution in [3.63, 3.8) is 0 Å². The zero-order valence-electron chi connectivity index (χ0n) is 7.16. The summed E-state index contributed by atoms with van der Waals surface area (Å²) in [5.74, 6) is 4.62. The third-order valence-electron chi connectivity index (χ3n) is 1.57. The van der Waals surface area contributed by atoms with Gasteiger partial charge in [0.25, 0.3) is 5.91 Å². The first-order valence-corrected chi connectivity index (χ1v) is 3.84. The van der Waals surface area contributed by atoms with Crippen LogP contribution >= 0.6 is 0 Å². The maximum atomic E-state index is 11.0. The fourth-order valence-corrected chi connectivity index (χ4v) is 0.911. The van der Waals surface area contributed by atoms with Crippen molar-refractivity contribution in [1.82, 2.24) is 10.4 Å². The van der Waals surface area contributed by atoms with E-state index in [1.165, 1.54) is 6.20 Å². The number of nitrogen functional groups attached to an aromatic ring is 1. The molecule has 0 bridgehead atoms. The van der Waals surface area contributed by atoms with E-state index in [0.29, 0.717) is 12.0 Å². The molecule has 4 nitrogen and oxygen atoms in total. The number of pyridine rings is 1. The topological polar surface area (TPSA) is 68.0 Å². The van der Waals surface area contributed by atoms with Gasteiger partial charge in [-0.25, -0.2) is 5.84 Å². The Morgan fingerprint density at radius 1 is 1.69 bits per heavy atom. The van der Waals surface area contributed by atoms with E-state index in [0.717, 1.165) is 5.69 Å². The predicted octanol–water partition coefficient (Wildman–Crippen LogP) is 0.414. The summed E-state index contributed by atoms with van der Waals surface area (Å²) in [4.78, 5) is 15.0. The second-order valence-electron chi connectivity index (χ2n) is 2.50. The van der Waals surface area contributed by atoms with Crippen LogP contribution in [0.25, 0.3) is 0 Å². The molecule has 0 unspecified atom stereocenters. The Kier molecular flexibility index (Phi) is 3.16. The lowest BCUT2D eigenvalue weighted by molar-refractivity contribution is 0.0953. The quantitative estimate of drug-likeness (QED) is 0.304. The van der Waals surface area contributed by atoms with Crippen LogP contribution in [0.5, 0.6) is 0 Å².